The number of aromatic nitrogens is 2. The van der Waals surface area contributed by atoms with Crippen molar-refractivity contribution in [3.63, 3.8) is 0 Å². The van der Waals surface area contributed by atoms with Crippen molar-refractivity contribution in [2.24, 2.45) is 0 Å². The quantitative estimate of drug-likeness (QED) is 0.834. The summed E-state index contributed by atoms with van der Waals surface area (Å²) in [6.07, 6.45) is 7.38. The first-order valence-corrected chi connectivity index (χ1v) is 7.54. The van der Waals surface area contributed by atoms with Crippen molar-refractivity contribution in [1.29, 1.82) is 0 Å². The third-order valence-corrected chi connectivity index (χ3v) is 4.74. The highest BCUT2D eigenvalue weighted by molar-refractivity contribution is 5.11. The first-order valence-electron chi connectivity index (χ1n) is 7.54. The van der Waals surface area contributed by atoms with Crippen molar-refractivity contribution in [3.05, 3.63) is 18.0 Å². The van der Waals surface area contributed by atoms with Crippen LogP contribution in [0.15, 0.2) is 12.4 Å². The Balaban J connectivity index is 1.74. The highest BCUT2D eigenvalue weighted by Crippen LogP contribution is 2.44. The smallest absolute Gasteiger partial charge is 0.188 e. The zero-order chi connectivity index (χ0) is 14.4. The third-order valence-electron chi connectivity index (χ3n) is 4.74. The van der Waals surface area contributed by atoms with Crippen LogP contribution in [0.25, 0.3) is 0 Å². The average Bonchev–Trinajstić information content (AvgIpc) is 2.94. The SMILES string of the molecule is CC1(C)OC(c2cnn(N3CCCCC3)c2)OC1(C)C. The second-order valence-corrected chi connectivity index (χ2v) is 6.80. The molecule has 0 aromatic carbocycles. The lowest BCUT2D eigenvalue weighted by molar-refractivity contribution is -0.0896. The Morgan fingerprint density at radius 3 is 2.25 bits per heavy atom. The van der Waals surface area contributed by atoms with E-state index in [2.05, 4.69) is 37.8 Å². The summed E-state index contributed by atoms with van der Waals surface area (Å²) in [4.78, 5) is 1.94. The zero-order valence-corrected chi connectivity index (χ0v) is 12.9. The largest absolute Gasteiger partial charge is 0.339 e. The van der Waals surface area contributed by atoms with E-state index >= 15 is 0 Å². The fourth-order valence-electron chi connectivity index (χ4n) is 2.66. The average molecular weight is 279 g/mol. The fraction of sp³-hybridized carbons (Fsp3) is 0.800. The lowest BCUT2D eigenvalue weighted by atomic mass is 9.90. The van der Waals surface area contributed by atoms with E-state index in [4.69, 9.17) is 9.47 Å². The predicted molar refractivity (Wildman–Crippen MR) is 77.1 cm³/mol. The second kappa shape index (κ2) is 4.74. The number of nitrogens with zero attached hydrogens (tertiary/aromatic N) is 3. The predicted octanol–water partition coefficient (Wildman–Crippen LogP) is 2.61. The molecule has 5 heteroatoms. The molecule has 0 bridgehead atoms. The summed E-state index contributed by atoms with van der Waals surface area (Å²) in [5.41, 5.74) is 0.393. The highest BCUT2D eigenvalue weighted by Gasteiger charge is 2.49. The molecule has 1 aromatic heterocycles. The van der Waals surface area contributed by atoms with E-state index < -0.39 is 0 Å². The summed E-state index contributed by atoms with van der Waals surface area (Å²) in [6.45, 7) is 10.4. The van der Waals surface area contributed by atoms with Crippen molar-refractivity contribution in [3.8, 4) is 0 Å². The molecule has 2 saturated heterocycles. The highest BCUT2D eigenvalue weighted by atomic mass is 16.7. The molecule has 0 unspecified atom stereocenters. The van der Waals surface area contributed by atoms with Gasteiger partial charge < -0.3 is 9.47 Å². The van der Waals surface area contributed by atoms with Crippen LogP contribution in [0.4, 0.5) is 0 Å². The Hall–Kier alpha value is -1.07. The van der Waals surface area contributed by atoms with Gasteiger partial charge in [0.1, 0.15) is 0 Å². The lowest BCUT2D eigenvalue weighted by Gasteiger charge is -2.30. The van der Waals surface area contributed by atoms with Crippen LogP contribution in [-0.2, 0) is 9.47 Å². The Morgan fingerprint density at radius 2 is 1.65 bits per heavy atom. The molecule has 0 aliphatic carbocycles. The van der Waals surface area contributed by atoms with Gasteiger partial charge in [-0.3, -0.25) is 5.01 Å². The van der Waals surface area contributed by atoms with E-state index in [-0.39, 0.29) is 17.5 Å². The number of rotatable bonds is 2. The Bertz CT molecular complexity index is 459. The topological polar surface area (TPSA) is 39.5 Å². The molecule has 2 fully saturated rings. The molecule has 0 N–H and O–H groups in total. The summed E-state index contributed by atoms with van der Waals surface area (Å²) in [6, 6.07) is 0. The Labute approximate surface area is 120 Å². The van der Waals surface area contributed by atoms with Crippen LogP contribution < -0.4 is 5.01 Å². The van der Waals surface area contributed by atoms with Crippen LogP contribution in [0.1, 0.15) is 58.8 Å². The summed E-state index contributed by atoms with van der Waals surface area (Å²) in [5.74, 6) is 0. The summed E-state index contributed by atoms with van der Waals surface area (Å²) >= 11 is 0. The molecule has 0 spiro atoms. The molecule has 0 saturated carbocycles. The van der Waals surface area contributed by atoms with E-state index in [0.29, 0.717) is 0 Å². The molecule has 3 rings (SSSR count). The normalized spacial score (nSPS) is 26.1. The molecule has 5 nitrogen and oxygen atoms in total. The number of piperidine rings is 1. The van der Waals surface area contributed by atoms with Crippen LogP contribution in [-0.4, -0.2) is 34.2 Å². The van der Waals surface area contributed by atoms with Crippen molar-refractivity contribution in [2.75, 3.05) is 18.1 Å². The molecule has 112 valence electrons. The van der Waals surface area contributed by atoms with Crippen molar-refractivity contribution in [2.45, 2.75) is 64.4 Å². The lowest BCUT2D eigenvalue weighted by Crippen LogP contribution is -2.41. The molecular weight excluding hydrogens is 254 g/mol. The van der Waals surface area contributed by atoms with Gasteiger partial charge in [0.15, 0.2) is 6.29 Å². The first kappa shape index (κ1) is 13.9. The van der Waals surface area contributed by atoms with E-state index in [1.54, 1.807) is 0 Å². The van der Waals surface area contributed by atoms with Gasteiger partial charge in [-0.1, -0.05) is 0 Å². The number of hydrogen-bond acceptors (Lipinski definition) is 4. The zero-order valence-electron chi connectivity index (χ0n) is 12.9. The van der Waals surface area contributed by atoms with Gasteiger partial charge in [-0.15, -0.1) is 0 Å². The summed E-state index contributed by atoms with van der Waals surface area (Å²) in [5, 5.41) is 6.74. The monoisotopic (exact) mass is 279 g/mol. The molecule has 20 heavy (non-hydrogen) atoms. The minimum Gasteiger partial charge on any atom is -0.339 e. The minimum atomic E-state index is -0.321. The molecule has 0 radical (unpaired) electrons. The van der Waals surface area contributed by atoms with Gasteiger partial charge in [0.25, 0.3) is 0 Å². The maximum Gasteiger partial charge on any atom is 0.188 e. The van der Waals surface area contributed by atoms with Gasteiger partial charge in [0.05, 0.1) is 23.6 Å². The van der Waals surface area contributed by atoms with Crippen molar-refractivity contribution >= 4 is 0 Å². The van der Waals surface area contributed by atoms with Gasteiger partial charge >= 0.3 is 0 Å². The van der Waals surface area contributed by atoms with E-state index in [0.717, 1.165) is 18.7 Å². The van der Waals surface area contributed by atoms with Gasteiger partial charge in [0.2, 0.25) is 0 Å². The van der Waals surface area contributed by atoms with Crippen molar-refractivity contribution in [1.82, 2.24) is 9.89 Å². The van der Waals surface area contributed by atoms with Gasteiger partial charge in [-0.05, 0) is 47.0 Å². The Kier molecular flexibility index (Phi) is 3.29. The molecule has 2 aliphatic heterocycles. The maximum absolute atomic E-state index is 6.06. The molecule has 1 aromatic rings. The summed E-state index contributed by atoms with van der Waals surface area (Å²) in [7, 11) is 0. The van der Waals surface area contributed by atoms with Gasteiger partial charge in [-0.2, -0.15) is 9.89 Å². The van der Waals surface area contributed by atoms with Crippen LogP contribution in [0.5, 0.6) is 0 Å². The summed E-state index contributed by atoms with van der Waals surface area (Å²) < 4.78 is 12.1. The maximum atomic E-state index is 6.06. The van der Waals surface area contributed by atoms with Gasteiger partial charge in [-0.25, -0.2) is 0 Å². The third kappa shape index (κ3) is 2.33. The van der Waals surface area contributed by atoms with Crippen LogP contribution in [0, 0.1) is 0 Å². The number of hydrogen-bond donors (Lipinski definition) is 0. The van der Waals surface area contributed by atoms with Crippen LogP contribution in [0.2, 0.25) is 0 Å². The van der Waals surface area contributed by atoms with Crippen molar-refractivity contribution < 1.29 is 9.47 Å². The molecular formula is C15H25N3O2. The van der Waals surface area contributed by atoms with Crippen LogP contribution in [0.3, 0.4) is 0 Å². The van der Waals surface area contributed by atoms with Gasteiger partial charge in [0, 0.05) is 18.7 Å². The van der Waals surface area contributed by atoms with Crippen LogP contribution >= 0.6 is 0 Å². The molecule has 0 amide bonds. The van der Waals surface area contributed by atoms with E-state index in [1.807, 2.05) is 17.2 Å². The standard InChI is InChI=1S/C15H25N3O2/c1-14(2)15(3,4)20-13(19-14)12-10-16-18(11-12)17-8-6-5-7-9-17/h10-11,13H,5-9H2,1-4H3. The van der Waals surface area contributed by atoms with E-state index in [9.17, 15) is 0 Å². The fourth-order valence-corrected chi connectivity index (χ4v) is 2.66. The molecule has 2 aliphatic rings. The molecule has 0 atom stereocenters. The van der Waals surface area contributed by atoms with E-state index in [1.165, 1.54) is 19.3 Å². The molecule has 3 heterocycles. The number of ether oxygens (including phenoxy) is 2. The minimum absolute atomic E-state index is 0.301. The first-order chi connectivity index (χ1) is 9.39. The second-order valence-electron chi connectivity index (χ2n) is 6.80. The Morgan fingerprint density at radius 1 is 1.05 bits per heavy atom.